The van der Waals surface area contributed by atoms with E-state index in [1.54, 1.807) is 12.0 Å². The number of thioether (sulfide) groups is 1. The number of carbonyl (C=O) groups is 1. The van der Waals surface area contributed by atoms with Gasteiger partial charge in [-0.2, -0.15) is 0 Å². The van der Waals surface area contributed by atoms with Gasteiger partial charge in [0.15, 0.2) is 0 Å². The van der Waals surface area contributed by atoms with Gasteiger partial charge in [0.1, 0.15) is 11.9 Å². The number of halogens is 2. The maximum absolute atomic E-state index is 12.3. The van der Waals surface area contributed by atoms with Crippen molar-refractivity contribution in [1.29, 1.82) is 0 Å². The van der Waals surface area contributed by atoms with Gasteiger partial charge in [-0.25, -0.2) is 4.79 Å². The topological polar surface area (TPSA) is 42.0 Å². The van der Waals surface area contributed by atoms with Crippen molar-refractivity contribution in [3.63, 3.8) is 0 Å². The highest BCUT2D eigenvalue weighted by molar-refractivity contribution is 8.00. The molecule has 2 fully saturated rings. The number of anilines is 1. The van der Waals surface area contributed by atoms with E-state index in [9.17, 15) is 4.79 Å². The number of carbonyl (C=O) groups excluding carboxylic acids is 1. The van der Waals surface area contributed by atoms with Gasteiger partial charge in [0, 0.05) is 27.4 Å². The fourth-order valence-electron chi connectivity index (χ4n) is 3.79. The molecule has 162 valence electrons. The Morgan fingerprint density at radius 2 is 1.77 bits per heavy atom. The number of hydrogen-bond acceptors (Lipinski definition) is 5. The van der Waals surface area contributed by atoms with Crippen LogP contribution in [-0.4, -0.2) is 55.6 Å². The number of nitrogens with zero attached hydrogens (tertiary/aromatic N) is 2. The van der Waals surface area contributed by atoms with Crippen LogP contribution in [-0.2, 0) is 4.74 Å². The summed E-state index contributed by atoms with van der Waals surface area (Å²) in [6.45, 7) is 3.44. The summed E-state index contributed by atoms with van der Waals surface area (Å²) in [7, 11) is 1.63. The van der Waals surface area contributed by atoms with E-state index in [1.807, 2.05) is 48.2 Å². The van der Waals surface area contributed by atoms with Crippen molar-refractivity contribution < 1.29 is 14.3 Å². The number of ether oxygens (including phenoxy) is 2. The predicted molar refractivity (Wildman–Crippen MR) is 125 cm³/mol. The van der Waals surface area contributed by atoms with Crippen molar-refractivity contribution in [2.75, 3.05) is 38.2 Å². The number of amides is 1. The average Bonchev–Trinajstić information content (AvgIpc) is 3.11. The van der Waals surface area contributed by atoms with Crippen molar-refractivity contribution >= 4 is 47.6 Å². The zero-order valence-electron chi connectivity index (χ0n) is 16.8. The first-order valence-corrected chi connectivity index (χ1v) is 11.1. The Bertz CT molecular complexity index is 827. The lowest BCUT2D eigenvalue weighted by Crippen LogP contribution is -2.40. The summed E-state index contributed by atoms with van der Waals surface area (Å²) in [6.07, 6.45) is 1.91. The van der Waals surface area contributed by atoms with Crippen molar-refractivity contribution in [1.82, 2.24) is 4.90 Å². The number of hydrogen-bond donors (Lipinski definition) is 0. The molecular weight excluding hydrogens is 443 g/mol. The first-order chi connectivity index (χ1) is 14.1. The number of piperidine rings is 1. The second-order valence-corrected chi connectivity index (χ2v) is 9.20. The third-order valence-electron chi connectivity index (χ3n) is 5.37. The molecule has 2 heterocycles. The van der Waals surface area contributed by atoms with Crippen LogP contribution in [0.5, 0.6) is 5.75 Å². The molecule has 0 bridgehead atoms. The second-order valence-electron chi connectivity index (χ2n) is 7.39. The molecule has 1 atom stereocenters. The van der Waals surface area contributed by atoms with Crippen LogP contribution < -0.4 is 9.64 Å². The van der Waals surface area contributed by atoms with Crippen LogP contribution in [0.25, 0.3) is 0 Å². The summed E-state index contributed by atoms with van der Waals surface area (Å²) in [6, 6.07) is 15.6. The molecule has 0 saturated carbocycles. The quantitative estimate of drug-likeness (QED) is 0.571. The van der Waals surface area contributed by atoms with Gasteiger partial charge in [-0.05, 0) is 74.5 Å². The molecule has 5 nitrogen and oxygen atoms in total. The fourth-order valence-corrected chi connectivity index (χ4v) is 5.04. The van der Waals surface area contributed by atoms with Crippen LogP contribution in [0.1, 0.15) is 12.8 Å². The molecular formula is C22H26Cl2N2O3S. The molecule has 0 aromatic heterocycles. The molecule has 8 heteroatoms. The molecule has 2 aromatic carbocycles. The highest BCUT2D eigenvalue weighted by Gasteiger charge is 2.34. The number of cyclic esters (lactones) is 1. The SMILES string of the molecule is COc1ccc(N2C[C@H](CN3CCC(Sc4ccc(Cl)cc4)CC3)OC2=O)cc1.Cl. The van der Waals surface area contributed by atoms with Gasteiger partial charge in [-0.15, -0.1) is 24.2 Å². The third kappa shape index (κ3) is 5.76. The zero-order valence-corrected chi connectivity index (χ0v) is 19.2. The molecule has 0 radical (unpaired) electrons. The summed E-state index contributed by atoms with van der Waals surface area (Å²) in [5.41, 5.74) is 0.844. The Morgan fingerprint density at radius 1 is 1.10 bits per heavy atom. The molecule has 0 spiro atoms. The Morgan fingerprint density at radius 3 is 2.40 bits per heavy atom. The Balaban J connectivity index is 0.00000256. The minimum absolute atomic E-state index is 0. The Kier molecular flexibility index (Phi) is 8.17. The lowest BCUT2D eigenvalue weighted by Gasteiger charge is -2.32. The first-order valence-electron chi connectivity index (χ1n) is 9.87. The smallest absolute Gasteiger partial charge is 0.414 e. The van der Waals surface area contributed by atoms with Crippen LogP contribution in [0.2, 0.25) is 5.02 Å². The van der Waals surface area contributed by atoms with Gasteiger partial charge in [-0.1, -0.05) is 11.6 Å². The Hall–Kier alpha value is -1.60. The van der Waals surface area contributed by atoms with Gasteiger partial charge < -0.3 is 9.47 Å². The molecule has 0 unspecified atom stereocenters. The molecule has 4 rings (SSSR count). The van der Waals surface area contributed by atoms with E-state index in [0.29, 0.717) is 11.8 Å². The minimum atomic E-state index is -0.270. The van der Waals surface area contributed by atoms with Crippen LogP contribution in [0.4, 0.5) is 10.5 Å². The van der Waals surface area contributed by atoms with E-state index in [-0.39, 0.29) is 24.6 Å². The molecule has 0 N–H and O–H groups in total. The average molecular weight is 469 g/mol. The van der Waals surface area contributed by atoms with E-state index in [4.69, 9.17) is 21.1 Å². The number of likely N-dealkylation sites (tertiary alicyclic amines) is 1. The zero-order chi connectivity index (χ0) is 20.2. The van der Waals surface area contributed by atoms with Crippen molar-refractivity contribution in [2.45, 2.75) is 29.1 Å². The molecule has 0 aliphatic carbocycles. The van der Waals surface area contributed by atoms with Crippen LogP contribution >= 0.6 is 35.8 Å². The number of benzene rings is 2. The van der Waals surface area contributed by atoms with Gasteiger partial charge in [-0.3, -0.25) is 9.80 Å². The van der Waals surface area contributed by atoms with Crippen LogP contribution in [0.3, 0.4) is 0 Å². The standard InChI is InChI=1S/C22H25ClN2O3S.ClH/c1-27-18-6-4-17(5-7-18)25-15-19(28-22(25)26)14-24-12-10-21(11-13-24)29-20-8-2-16(23)3-9-20;/h2-9,19,21H,10-15H2,1H3;1H/t19-;/m0./s1. The number of methoxy groups -OCH3 is 1. The summed E-state index contributed by atoms with van der Waals surface area (Å²) >= 11 is 7.90. The number of rotatable bonds is 6. The fraction of sp³-hybridized carbons (Fsp3) is 0.409. The molecule has 2 aromatic rings. The van der Waals surface area contributed by atoms with E-state index < -0.39 is 0 Å². The van der Waals surface area contributed by atoms with Crippen molar-refractivity contribution in [3.05, 3.63) is 53.6 Å². The van der Waals surface area contributed by atoms with E-state index >= 15 is 0 Å². The van der Waals surface area contributed by atoms with Gasteiger partial charge in [0.2, 0.25) is 0 Å². The summed E-state index contributed by atoms with van der Waals surface area (Å²) < 4.78 is 10.8. The highest BCUT2D eigenvalue weighted by Crippen LogP contribution is 2.31. The molecule has 2 saturated heterocycles. The van der Waals surface area contributed by atoms with Gasteiger partial charge >= 0.3 is 6.09 Å². The van der Waals surface area contributed by atoms with Crippen molar-refractivity contribution in [2.24, 2.45) is 0 Å². The summed E-state index contributed by atoms with van der Waals surface area (Å²) in [4.78, 5) is 17.7. The summed E-state index contributed by atoms with van der Waals surface area (Å²) in [5.74, 6) is 0.775. The normalized spacial score (nSPS) is 20.0. The largest absolute Gasteiger partial charge is 0.497 e. The predicted octanol–water partition coefficient (Wildman–Crippen LogP) is 5.35. The van der Waals surface area contributed by atoms with E-state index in [1.165, 1.54) is 4.90 Å². The molecule has 30 heavy (non-hydrogen) atoms. The highest BCUT2D eigenvalue weighted by atomic mass is 35.5. The molecule has 1 amide bonds. The molecule has 2 aliphatic heterocycles. The lowest BCUT2D eigenvalue weighted by atomic mass is 10.1. The first kappa shape index (κ1) is 23.1. The summed E-state index contributed by atoms with van der Waals surface area (Å²) in [5, 5.41) is 1.40. The van der Waals surface area contributed by atoms with Crippen LogP contribution in [0.15, 0.2) is 53.4 Å². The molecule has 2 aliphatic rings. The van der Waals surface area contributed by atoms with E-state index in [0.717, 1.165) is 48.9 Å². The minimum Gasteiger partial charge on any atom is -0.497 e. The van der Waals surface area contributed by atoms with Gasteiger partial charge in [0.05, 0.1) is 13.7 Å². The third-order valence-corrected chi connectivity index (χ3v) is 6.97. The Labute approximate surface area is 193 Å². The van der Waals surface area contributed by atoms with Crippen LogP contribution in [0, 0.1) is 0 Å². The van der Waals surface area contributed by atoms with Crippen molar-refractivity contribution in [3.8, 4) is 5.75 Å². The lowest BCUT2D eigenvalue weighted by molar-refractivity contribution is 0.101. The second kappa shape index (κ2) is 10.6. The van der Waals surface area contributed by atoms with Gasteiger partial charge in [0.25, 0.3) is 0 Å². The van der Waals surface area contributed by atoms with E-state index in [2.05, 4.69) is 17.0 Å². The maximum Gasteiger partial charge on any atom is 0.414 e. The monoisotopic (exact) mass is 468 g/mol. The maximum atomic E-state index is 12.3.